The van der Waals surface area contributed by atoms with E-state index in [1.54, 1.807) is 0 Å². The lowest BCUT2D eigenvalue weighted by Crippen LogP contribution is -2.12. The SMILES string of the molecule is c1ccc(-c2ccc(N(c3ccc(-n4c5ccccc5c5ccccc54)cc3)c3cccc(-c4cccc5ccccc45)c3-c3cccc4ccccc34)cc2)cc1. The van der Waals surface area contributed by atoms with Crippen molar-refractivity contribution in [3.8, 4) is 39.1 Å². The van der Waals surface area contributed by atoms with E-state index >= 15 is 0 Å². The molecule has 0 amide bonds. The Morgan fingerprint density at radius 2 is 0.741 bits per heavy atom. The summed E-state index contributed by atoms with van der Waals surface area (Å²) in [5.41, 5.74) is 14.0. The third kappa shape index (κ3) is 5.66. The molecule has 0 saturated heterocycles. The van der Waals surface area contributed by atoms with Gasteiger partial charge in [-0.05, 0) is 104 Å². The van der Waals surface area contributed by atoms with E-state index in [1.807, 2.05) is 0 Å². The molecule has 2 heteroatoms. The molecule has 0 saturated carbocycles. The lowest BCUT2D eigenvalue weighted by atomic mass is 9.87. The van der Waals surface area contributed by atoms with E-state index in [4.69, 9.17) is 0 Å². The highest BCUT2D eigenvalue weighted by atomic mass is 15.1. The first-order valence-electron chi connectivity index (χ1n) is 19.9. The van der Waals surface area contributed by atoms with Crippen LogP contribution in [0.15, 0.2) is 231 Å². The molecule has 0 unspecified atom stereocenters. The van der Waals surface area contributed by atoms with E-state index in [-0.39, 0.29) is 0 Å². The van der Waals surface area contributed by atoms with Crippen molar-refractivity contribution in [1.29, 1.82) is 0 Å². The van der Waals surface area contributed by atoms with Crippen molar-refractivity contribution in [1.82, 2.24) is 4.57 Å². The van der Waals surface area contributed by atoms with Gasteiger partial charge in [0.05, 0.1) is 16.7 Å². The number of rotatable bonds is 7. The summed E-state index contributed by atoms with van der Waals surface area (Å²) in [5, 5.41) is 7.41. The van der Waals surface area contributed by atoms with Gasteiger partial charge < -0.3 is 9.47 Å². The number of anilines is 3. The standard InChI is InChI=1S/C56H38N2/c1-2-15-39(16-3-1)40-31-33-43(34-32-40)57(44-35-37-45(38-36-44)58-53-28-10-8-23-49(53)50-24-9-11-29-54(50)58)55-30-14-27-52(48-25-12-19-41-17-4-6-21-46(41)48)56(55)51-26-13-20-42-18-5-7-22-47(42)51/h1-38H. The van der Waals surface area contributed by atoms with Crippen molar-refractivity contribution >= 4 is 60.4 Å². The fourth-order valence-corrected chi connectivity index (χ4v) is 8.95. The van der Waals surface area contributed by atoms with Gasteiger partial charge in [-0.15, -0.1) is 0 Å². The van der Waals surface area contributed by atoms with Gasteiger partial charge in [0.1, 0.15) is 0 Å². The van der Waals surface area contributed by atoms with Crippen molar-refractivity contribution in [3.05, 3.63) is 231 Å². The van der Waals surface area contributed by atoms with Gasteiger partial charge in [-0.3, -0.25) is 0 Å². The summed E-state index contributed by atoms with van der Waals surface area (Å²) in [4.78, 5) is 2.44. The van der Waals surface area contributed by atoms with Gasteiger partial charge >= 0.3 is 0 Å². The van der Waals surface area contributed by atoms with Crippen LogP contribution in [0.3, 0.4) is 0 Å². The minimum absolute atomic E-state index is 1.08. The molecule has 272 valence electrons. The summed E-state index contributed by atoms with van der Waals surface area (Å²) in [6.07, 6.45) is 0. The molecule has 11 rings (SSSR count). The summed E-state index contributed by atoms with van der Waals surface area (Å²) in [6.45, 7) is 0. The van der Waals surface area contributed by atoms with Crippen molar-refractivity contribution in [2.24, 2.45) is 0 Å². The summed E-state index contributed by atoms with van der Waals surface area (Å²) >= 11 is 0. The van der Waals surface area contributed by atoms with Crippen LogP contribution < -0.4 is 4.90 Å². The van der Waals surface area contributed by atoms with Gasteiger partial charge in [0.25, 0.3) is 0 Å². The van der Waals surface area contributed by atoms with Crippen molar-refractivity contribution in [2.45, 2.75) is 0 Å². The number of benzene rings is 10. The first-order chi connectivity index (χ1) is 28.8. The first kappa shape index (κ1) is 33.6. The van der Waals surface area contributed by atoms with Crippen LogP contribution in [0.25, 0.3) is 82.4 Å². The summed E-state index contributed by atoms with van der Waals surface area (Å²) in [5.74, 6) is 0. The lowest BCUT2D eigenvalue weighted by Gasteiger charge is -2.30. The van der Waals surface area contributed by atoms with E-state index in [1.165, 1.54) is 76.7 Å². The number of aromatic nitrogens is 1. The molecule has 58 heavy (non-hydrogen) atoms. The van der Waals surface area contributed by atoms with Crippen LogP contribution in [-0.4, -0.2) is 4.57 Å². The molecule has 0 spiro atoms. The third-order valence-electron chi connectivity index (χ3n) is 11.6. The van der Waals surface area contributed by atoms with Gasteiger partial charge in [-0.25, -0.2) is 0 Å². The maximum atomic E-state index is 2.44. The Morgan fingerprint density at radius 3 is 1.38 bits per heavy atom. The third-order valence-corrected chi connectivity index (χ3v) is 11.6. The lowest BCUT2D eigenvalue weighted by molar-refractivity contribution is 1.17. The molecule has 0 aliphatic rings. The first-order valence-corrected chi connectivity index (χ1v) is 19.9. The summed E-state index contributed by atoms with van der Waals surface area (Å²) < 4.78 is 2.39. The second kappa shape index (κ2) is 14.1. The number of para-hydroxylation sites is 2. The molecule has 0 atom stereocenters. The average molecular weight is 739 g/mol. The summed E-state index contributed by atoms with van der Waals surface area (Å²) in [6, 6.07) is 83.8. The molecule has 10 aromatic carbocycles. The van der Waals surface area contributed by atoms with Crippen LogP contribution in [-0.2, 0) is 0 Å². The zero-order valence-corrected chi connectivity index (χ0v) is 31.8. The maximum Gasteiger partial charge on any atom is 0.0546 e. The monoisotopic (exact) mass is 738 g/mol. The fourth-order valence-electron chi connectivity index (χ4n) is 8.95. The summed E-state index contributed by atoms with van der Waals surface area (Å²) in [7, 11) is 0. The van der Waals surface area contributed by atoms with Crippen molar-refractivity contribution in [2.75, 3.05) is 4.90 Å². The topological polar surface area (TPSA) is 8.17 Å². The Morgan fingerprint density at radius 1 is 0.293 bits per heavy atom. The van der Waals surface area contributed by atoms with E-state index in [9.17, 15) is 0 Å². The molecule has 0 N–H and O–H groups in total. The second-order valence-corrected chi connectivity index (χ2v) is 14.9. The zero-order valence-electron chi connectivity index (χ0n) is 31.8. The fraction of sp³-hybridized carbons (Fsp3) is 0. The predicted molar refractivity (Wildman–Crippen MR) is 247 cm³/mol. The van der Waals surface area contributed by atoms with Crippen LogP contribution in [0.4, 0.5) is 17.1 Å². The molecule has 2 nitrogen and oxygen atoms in total. The zero-order chi connectivity index (χ0) is 38.4. The second-order valence-electron chi connectivity index (χ2n) is 14.9. The molecular weight excluding hydrogens is 701 g/mol. The average Bonchev–Trinajstić information content (AvgIpc) is 3.64. The van der Waals surface area contributed by atoms with Crippen molar-refractivity contribution in [3.63, 3.8) is 0 Å². The van der Waals surface area contributed by atoms with Crippen LogP contribution in [0.2, 0.25) is 0 Å². The number of hydrogen-bond acceptors (Lipinski definition) is 1. The highest BCUT2D eigenvalue weighted by molar-refractivity contribution is 6.11. The van der Waals surface area contributed by atoms with Crippen LogP contribution >= 0.6 is 0 Å². The molecule has 1 heterocycles. The predicted octanol–water partition coefficient (Wildman–Crippen LogP) is 15.6. The molecular formula is C56H38N2. The Bertz CT molecular complexity index is 3200. The van der Waals surface area contributed by atoms with E-state index in [0.717, 1.165) is 22.7 Å². The van der Waals surface area contributed by atoms with Crippen LogP contribution in [0, 0.1) is 0 Å². The van der Waals surface area contributed by atoms with E-state index in [2.05, 4.69) is 240 Å². The van der Waals surface area contributed by atoms with Gasteiger partial charge in [0, 0.05) is 33.4 Å². The van der Waals surface area contributed by atoms with Crippen molar-refractivity contribution < 1.29 is 0 Å². The molecule has 0 aliphatic heterocycles. The quantitative estimate of drug-likeness (QED) is 0.158. The number of hydrogen-bond donors (Lipinski definition) is 0. The molecule has 0 bridgehead atoms. The van der Waals surface area contributed by atoms with Crippen LogP contribution in [0.5, 0.6) is 0 Å². The molecule has 0 fully saturated rings. The van der Waals surface area contributed by atoms with Gasteiger partial charge in [-0.2, -0.15) is 0 Å². The van der Waals surface area contributed by atoms with E-state index < -0.39 is 0 Å². The Balaban J connectivity index is 1.17. The maximum absolute atomic E-state index is 2.44. The van der Waals surface area contributed by atoms with E-state index in [0.29, 0.717) is 0 Å². The largest absolute Gasteiger partial charge is 0.310 e. The Labute approximate surface area is 338 Å². The van der Waals surface area contributed by atoms with Gasteiger partial charge in [-0.1, -0.05) is 176 Å². The highest BCUT2D eigenvalue weighted by Gasteiger charge is 2.23. The Hall–Kier alpha value is -7.68. The minimum atomic E-state index is 1.08. The minimum Gasteiger partial charge on any atom is -0.310 e. The highest BCUT2D eigenvalue weighted by Crippen LogP contribution is 2.48. The van der Waals surface area contributed by atoms with Crippen LogP contribution in [0.1, 0.15) is 0 Å². The normalized spacial score (nSPS) is 11.4. The number of nitrogens with zero attached hydrogens (tertiary/aromatic N) is 2. The molecule has 0 aliphatic carbocycles. The molecule has 11 aromatic rings. The van der Waals surface area contributed by atoms with Gasteiger partial charge in [0.15, 0.2) is 0 Å². The smallest absolute Gasteiger partial charge is 0.0546 e. The molecule has 1 aromatic heterocycles. The van der Waals surface area contributed by atoms with Gasteiger partial charge in [0.2, 0.25) is 0 Å². The number of fused-ring (bicyclic) bond motifs is 5. The molecule has 0 radical (unpaired) electrons. The Kier molecular flexibility index (Phi) is 8.19.